The predicted octanol–water partition coefficient (Wildman–Crippen LogP) is 1.49. The third-order valence-electron chi connectivity index (χ3n) is 5.45. The predicted molar refractivity (Wildman–Crippen MR) is 102 cm³/mol. The van der Waals surface area contributed by atoms with E-state index >= 15 is 0 Å². The van der Waals surface area contributed by atoms with Gasteiger partial charge in [-0.15, -0.1) is 0 Å². The standard InChI is InChI=1S/C20H30N4O4/c1-2-5-16-12-17(28-22-16)13-21-20(27)15-7-8-19(26)24(14-15)11-4-10-23-9-3-6-18(23)25/h12,15H,2-11,13-14H2,1H3,(H,21,27)/t15-/m1/s1. The minimum absolute atomic E-state index is 0.0549. The quantitative estimate of drug-likeness (QED) is 0.689. The zero-order valence-corrected chi connectivity index (χ0v) is 16.6. The molecule has 0 saturated carbocycles. The Hall–Kier alpha value is -2.38. The minimum Gasteiger partial charge on any atom is -0.359 e. The van der Waals surface area contributed by atoms with Crippen LogP contribution in [0.25, 0.3) is 0 Å². The van der Waals surface area contributed by atoms with Crippen LogP contribution in [0.3, 0.4) is 0 Å². The molecule has 3 amide bonds. The van der Waals surface area contributed by atoms with E-state index in [2.05, 4.69) is 17.4 Å². The molecular formula is C20H30N4O4. The maximum Gasteiger partial charge on any atom is 0.225 e. The first-order valence-corrected chi connectivity index (χ1v) is 10.3. The van der Waals surface area contributed by atoms with Crippen molar-refractivity contribution in [3.05, 3.63) is 17.5 Å². The Balaban J connectivity index is 1.42. The molecule has 8 nitrogen and oxygen atoms in total. The summed E-state index contributed by atoms with van der Waals surface area (Å²) in [6, 6.07) is 1.88. The van der Waals surface area contributed by atoms with Crippen molar-refractivity contribution in [2.45, 2.75) is 58.4 Å². The topological polar surface area (TPSA) is 95.8 Å². The van der Waals surface area contributed by atoms with Crippen molar-refractivity contribution >= 4 is 17.7 Å². The normalized spacial score (nSPS) is 20.1. The van der Waals surface area contributed by atoms with Crippen LogP contribution in [0.4, 0.5) is 0 Å². The summed E-state index contributed by atoms with van der Waals surface area (Å²) in [6.07, 6.45) is 5.14. The fourth-order valence-corrected chi connectivity index (χ4v) is 3.87. The van der Waals surface area contributed by atoms with E-state index in [1.54, 1.807) is 4.90 Å². The van der Waals surface area contributed by atoms with Gasteiger partial charge in [0.1, 0.15) is 0 Å². The number of rotatable bonds is 9. The first-order chi connectivity index (χ1) is 13.6. The van der Waals surface area contributed by atoms with Gasteiger partial charge in [0.15, 0.2) is 5.76 Å². The van der Waals surface area contributed by atoms with Crippen LogP contribution in [0.2, 0.25) is 0 Å². The molecule has 1 aromatic rings. The molecule has 2 aliphatic rings. The fourth-order valence-electron chi connectivity index (χ4n) is 3.87. The highest BCUT2D eigenvalue weighted by molar-refractivity contribution is 5.83. The summed E-state index contributed by atoms with van der Waals surface area (Å²) < 4.78 is 5.24. The number of nitrogens with zero attached hydrogens (tertiary/aromatic N) is 3. The van der Waals surface area contributed by atoms with Gasteiger partial charge in [0.05, 0.1) is 18.2 Å². The average Bonchev–Trinajstić information content (AvgIpc) is 3.30. The lowest BCUT2D eigenvalue weighted by Gasteiger charge is -2.32. The molecule has 0 unspecified atom stereocenters. The molecule has 0 radical (unpaired) electrons. The van der Waals surface area contributed by atoms with Gasteiger partial charge >= 0.3 is 0 Å². The van der Waals surface area contributed by atoms with E-state index < -0.39 is 0 Å². The van der Waals surface area contributed by atoms with Crippen molar-refractivity contribution in [3.63, 3.8) is 0 Å². The highest BCUT2D eigenvalue weighted by Gasteiger charge is 2.30. The minimum atomic E-state index is -0.204. The number of hydrogen-bond acceptors (Lipinski definition) is 5. The molecule has 1 aromatic heterocycles. The first kappa shape index (κ1) is 20.4. The molecule has 0 bridgehead atoms. The molecular weight excluding hydrogens is 360 g/mol. The highest BCUT2D eigenvalue weighted by atomic mass is 16.5. The molecule has 1 atom stereocenters. The van der Waals surface area contributed by atoms with Gasteiger partial charge in [-0.2, -0.15) is 0 Å². The Kier molecular flexibility index (Phi) is 7.06. The number of aromatic nitrogens is 1. The summed E-state index contributed by atoms with van der Waals surface area (Å²) in [6.45, 7) is 4.93. The highest BCUT2D eigenvalue weighted by Crippen LogP contribution is 2.19. The Morgan fingerprint density at radius 2 is 2.04 bits per heavy atom. The Morgan fingerprint density at radius 3 is 2.79 bits per heavy atom. The van der Waals surface area contributed by atoms with Crippen LogP contribution in [0.5, 0.6) is 0 Å². The SMILES string of the molecule is CCCc1cc(CNC(=O)[C@@H]2CCC(=O)N(CCCN3CCCC3=O)C2)on1. The Labute approximate surface area is 165 Å². The number of aryl methyl sites for hydroxylation is 1. The molecule has 154 valence electrons. The van der Waals surface area contributed by atoms with Crippen LogP contribution in [0.15, 0.2) is 10.6 Å². The van der Waals surface area contributed by atoms with Gasteiger partial charge in [-0.3, -0.25) is 14.4 Å². The smallest absolute Gasteiger partial charge is 0.225 e. The second kappa shape index (κ2) is 9.71. The van der Waals surface area contributed by atoms with Crippen LogP contribution < -0.4 is 5.32 Å². The molecule has 3 rings (SSSR count). The summed E-state index contributed by atoms with van der Waals surface area (Å²) in [5, 5.41) is 6.89. The number of nitrogens with one attached hydrogen (secondary N) is 1. The van der Waals surface area contributed by atoms with Gasteiger partial charge in [-0.05, 0) is 25.7 Å². The molecule has 0 aliphatic carbocycles. The van der Waals surface area contributed by atoms with E-state index in [4.69, 9.17) is 4.52 Å². The van der Waals surface area contributed by atoms with Crippen molar-refractivity contribution in [2.24, 2.45) is 5.92 Å². The van der Waals surface area contributed by atoms with Crippen molar-refractivity contribution in [3.8, 4) is 0 Å². The van der Waals surface area contributed by atoms with E-state index in [0.29, 0.717) is 51.2 Å². The average molecular weight is 390 g/mol. The molecule has 2 aliphatic heterocycles. The second-order valence-electron chi connectivity index (χ2n) is 7.67. The molecule has 28 heavy (non-hydrogen) atoms. The fraction of sp³-hybridized carbons (Fsp3) is 0.700. The second-order valence-corrected chi connectivity index (χ2v) is 7.67. The molecule has 3 heterocycles. The van der Waals surface area contributed by atoms with Gasteiger partial charge in [0.25, 0.3) is 0 Å². The summed E-state index contributed by atoms with van der Waals surface area (Å²) in [7, 11) is 0. The third kappa shape index (κ3) is 5.33. The zero-order chi connectivity index (χ0) is 19.9. The van der Waals surface area contributed by atoms with Crippen molar-refractivity contribution in [1.82, 2.24) is 20.3 Å². The Morgan fingerprint density at radius 1 is 1.25 bits per heavy atom. The van der Waals surface area contributed by atoms with Gasteiger partial charge < -0.3 is 19.6 Å². The number of hydrogen-bond donors (Lipinski definition) is 1. The molecule has 0 aromatic carbocycles. The van der Waals surface area contributed by atoms with Crippen LogP contribution in [0, 0.1) is 5.92 Å². The maximum atomic E-state index is 12.5. The maximum absolute atomic E-state index is 12.5. The van der Waals surface area contributed by atoms with Crippen LogP contribution >= 0.6 is 0 Å². The number of likely N-dealkylation sites (tertiary alicyclic amines) is 2. The lowest BCUT2D eigenvalue weighted by atomic mass is 9.96. The van der Waals surface area contributed by atoms with E-state index in [9.17, 15) is 14.4 Å². The number of piperidine rings is 1. The van der Waals surface area contributed by atoms with Gasteiger partial charge in [-0.1, -0.05) is 18.5 Å². The molecule has 2 fully saturated rings. The number of amides is 3. The van der Waals surface area contributed by atoms with E-state index in [1.165, 1.54) is 0 Å². The summed E-state index contributed by atoms with van der Waals surface area (Å²) in [5.74, 6) is 0.689. The lowest BCUT2D eigenvalue weighted by molar-refractivity contribution is -0.138. The molecule has 1 N–H and O–H groups in total. The Bertz CT molecular complexity index is 702. The summed E-state index contributed by atoms with van der Waals surface area (Å²) in [5.41, 5.74) is 0.901. The van der Waals surface area contributed by atoms with Gasteiger partial charge in [0.2, 0.25) is 17.7 Å². The van der Waals surface area contributed by atoms with Crippen molar-refractivity contribution < 1.29 is 18.9 Å². The zero-order valence-electron chi connectivity index (χ0n) is 16.6. The summed E-state index contributed by atoms with van der Waals surface area (Å²) in [4.78, 5) is 40.0. The van der Waals surface area contributed by atoms with Gasteiger partial charge in [0, 0.05) is 45.1 Å². The van der Waals surface area contributed by atoms with Gasteiger partial charge in [-0.25, -0.2) is 0 Å². The lowest BCUT2D eigenvalue weighted by Crippen LogP contribution is -2.46. The molecule has 8 heteroatoms. The first-order valence-electron chi connectivity index (χ1n) is 10.3. The molecule has 0 spiro atoms. The van der Waals surface area contributed by atoms with E-state index in [0.717, 1.165) is 37.9 Å². The number of carbonyl (C=O) groups is 3. The van der Waals surface area contributed by atoms with Crippen LogP contribution in [-0.2, 0) is 27.3 Å². The third-order valence-corrected chi connectivity index (χ3v) is 5.45. The summed E-state index contributed by atoms with van der Waals surface area (Å²) >= 11 is 0. The molecule has 2 saturated heterocycles. The monoisotopic (exact) mass is 390 g/mol. The van der Waals surface area contributed by atoms with Crippen LogP contribution in [-0.4, -0.2) is 58.9 Å². The van der Waals surface area contributed by atoms with Crippen molar-refractivity contribution in [2.75, 3.05) is 26.2 Å². The number of carbonyl (C=O) groups excluding carboxylic acids is 3. The van der Waals surface area contributed by atoms with Crippen molar-refractivity contribution in [1.29, 1.82) is 0 Å². The largest absolute Gasteiger partial charge is 0.359 e. The van der Waals surface area contributed by atoms with E-state index in [1.807, 2.05) is 11.0 Å². The van der Waals surface area contributed by atoms with E-state index in [-0.39, 0.29) is 23.6 Å². The van der Waals surface area contributed by atoms with Crippen LogP contribution in [0.1, 0.15) is 56.9 Å².